The van der Waals surface area contributed by atoms with Crippen LogP contribution in [0.4, 0.5) is 0 Å². The molecule has 1 aromatic heterocycles. The minimum absolute atomic E-state index is 0.0766. The van der Waals surface area contributed by atoms with Gasteiger partial charge < -0.3 is 10.0 Å². The van der Waals surface area contributed by atoms with E-state index in [9.17, 15) is 5.11 Å². The SMILES string of the molecule is CCN1CCN(C(CO)c2cccnc2)C(C)C1. The van der Waals surface area contributed by atoms with Gasteiger partial charge in [0, 0.05) is 38.1 Å². The van der Waals surface area contributed by atoms with Gasteiger partial charge in [-0.25, -0.2) is 0 Å². The van der Waals surface area contributed by atoms with Crippen LogP contribution >= 0.6 is 0 Å². The first-order valence-electron chi connectivity index (χ1n) is 6.75. The molecule has 0 amide bonds. The van der Waals surface area contributed by atoms with Crippen LogP contribution < -0.4 is 0 Å². The second-order valence-corrected chi connectivity index (χ2v) is 4.96. The van der Waals surface area contributed by atoms with Gasteiger partial charge in [-0.05, 0) is 25.1 Å². The van der Waals surface area contributed by atoms with Gasteiger partial charge >= 0.3 is 0 Å². The van der Waals surface area contributed by atoms with E-state index in [2.05, 4.69) is 28.6 Å². The summed E-state index contributed by atoms with van der Waals surface area (Å²) in [7, 11) is 0. The Bertz CT molecular complexity index is 357. The molecule has 4 nitrogen and oxygen atoms in total. The average molecular weight is 249 g/mol. The lowest BCUT2D eigenvalue weighted by Gasteiger charge is -2.43. The summed E-state index contributed by atoms with van der Waals surface area (Å²) in [5, 5.41) is 9.69. The van der Waals surface area contributed by atoms with Gasteiger partial charge in [0.05, 0.1) is 12.6 Å². The fraction of sp³-hybridized carbons (Fsp3) is 0.643. The summed E-state index contributed by atoms with van der Waals surface area (Å²) in [5.74, 6) is 0. The van der Waals surface area contributed by atoms with Crippen LogP contribution in [0.1, 0.15) is 25.5 Å². The zero-order chi connectivity index (χ0) is 13.0. The van der Waals surface area contributed by atoms with Crippen LogP contribution in [0.3, 0.4) is 0 Å². The van der Waals surface area contributed by atoms with E-state index < -0.39 is 0 Å². The highest BCUT2D eigenvalue weighted by Crippen LogP contribution is 2.24. The molecule has 1 aliphatic rings. The largest absolute Gasteiger partial charge is 0.394 e. The summed E-state index contributed by atoms with van der Waals surface area (Å²) >= 11 is 0. The van der Waals surface area contributed by atoms with Gasteiger partial charge in [-0.3, -0.25) is 9.88 Å². The van der Waals surface area contributed by atoms with Crippen LogP contribution in [-0.2, 0) is 0 Å². The number of aromatic nitrogens is 1. The van der Waals surface area contributed by atoms with E-state index in [0.717, 1.165) is 31.7 Å². The maximum absolute atomic E-state index is 9.69. The average Bonchev–Trinajstić information content (AvgIpc) is 2.42. The number of likely N-dealkylation sites (N-methyl/N-ethyl adjacent to an activating group) is 1. The molecule has 0 radical (unpaired) electrons. The second kappa shape index (κ2) is 6.27. The fourth-order valence-corrected chi connectivity index (χ4v) is 2.77. The number of nitrogens with zero attached hydrogens (tertiary/aromatic N) is 3. The molecule has 4 heteroatoms. The van der Waals surface area contributed by atoms with Crippen molar-refractivity contribution in [1.82, 2.24) is 14.8 Å². The van der Waals surface area contributed by atoms with Crippen LogP contribution in [0.2, 0.25) is 0 Å². The van der Waals surface area contributed by atoms with Crippen LogP contribution in [0, 0.1) is 0 Å². The van der Waals surface area contributed by atoms with Crippen LogP contribution in [0.25, 0.3) is 0 Å². The van der Waals surface area contributed by atoms with Crippen molar-refractivity contribution in [2.75, 3.05) is 32.8 Å². The monoisotopic (exact) mass is 249 g/mol. The molecule has 1 aliphatic heterocycles. The molecule has 2 rings (SSSR count). The first kappa shape index (κ1) is 13.5. The Morgan fingerprint density at radius 3 is 2.89 bits per heavy atom. The van der Waals surface area contributed by atoms with Gasteiger partial charge in [0.25, 0.3) is 0 Å². The standard InChI is InChI=1S/C14H23N3O/c1-3-16-7-8-17(12(2)10-16)14(11-18)13-5-4-6-15-9-13/h4-6,9,12,14,18H,3,7-8,10-11H2,1-2H3. The number of piperazine rings is 1. The fourth-order valence-electron chi connectivity index (χ4n) is 2.77. The quantitative estimate of drug-likeness (QED) is 0.868. The van der Waals surface area contributed by atoms with E-state index in [1.54, 1.807) is 6.20 Å². The molecule has 1 fully saturated rings. The van der Waals surface area contributed by atoms with Crippen molar-refractivity contribution in [2.24, 2.45) is 0 Å². The Morgan fingerprint density at radius 2 is 2.33 bits per heavy atom. The topological polar surface area (TPSA) is 39.6 Å². The Balaban J connectivity index is 2.09. The molecule has 100 valence electrons. The third kappa shape index (κ3) is 2.88. The number of pyridine rings is 1. The lowest BCUT2D eigenvalue weighted by Crippen LogP contribution is -2.53. The van der Waals surface area contributed by atoms with E-state index in [4.69, 9.17) is 0 Å². The second-order valence-electron chi connectivity index (χ2n) is 4.96. The van der Waals surface area contributed by atoms with Crippen LogP contribution in [-0.4, -0.2) is 58.7 Å². The predicted molar refractivity (Wildman–Crippen MR) is 72.3 cm³/mol. The summed E-state index contributed by atoms with van der Waals surface area (Å²) in [6.45, 7) is 8.87. The number of aliphatic hydroxyl groups is 1. The van der Waals surface area contributed by atoms with E-state index >= 15 is 0 Å². The van der Waals surface area contributed by atoms with Crippen LogP contribution in [0.5, 0.6) is 0 Å². The Labute approximate surface area is 109 Å². The zero-order valence-electron chi connectivity index (χ0n) is 11.3. The van der Waals surface area contributed by atoms with Crippen molar-refractivity contribution >= 4 is 0 Å². The maximum atomic E-state index is 9.69. The molecule has 1 saturated heterocycles. The number of hydrogen-bond acceptors (Lipinski definition) is 4. The van der Waals surface area contributed by atoms with Gasteiger partial charge in [0.2, 0.25) is 0 Å². The van der Waals surface area contributed by atoms with E-state index in [1.807, 2.05) is 18.3 Å². The summed E-state index contributed by atoms with van der Waals surface area (Å²) < 4.78 is 0. The summed E-state index contributed by atoms with van der Waals surface area (Å²) in [5.41, 5.74) is 1.11. The Morgan fingerprint density at radius 1 is 1.50 bits per heavy atom. The summed E-state index contributed by atoms with van der Waals surface area (Å²) in [4.78, 5) is 9.01. The lowest BCUT2D eigenvalue weighted by atomic mass is 10.0. The Hall–Kier alpha value is -0.970. The van der Waals surface area contributed by atoms with Gasteiger partial charge in [0.15, 0.2) is 0 Å². The lowest BCUT2D eigenvalue weighted by molar-refractivity contribution is 0.0269. The van der Waals surface area contributed by atoms with Gasteiger partial charge in [-0.1, -0.05) is 13.0 Å². The molecule has 0 aromatic carbocycles. The molecule has 2 unspecified atom stereocenters. The van der Waals surface area contributed by atoms with Crippen molar-refractivity contribution in [3.05, 3.63) is 30.1 Å². The first-order chi connectivity index (χ1) is 8.76. The van der Waals surface area contributed by atoms with E-state index in [1.165, 1.54) is 0 Å². The molecule has 0 spiro atoms. The third-order valence-electron chi connectivity index (χ3n) is 3.85. The van der Waals surface area contributed by atoms with Gasteiger partial charge in [-0.2, -0.15) is 0 Å². The van der Waals surface area contributed by atoms with E-state index in [0.29, 0.717) is 6.04 Å². The van der Waals surface area contributed by atoms with Crippen LogP contribution in [0.15, 0.2) is 24.5 Å². The normalized spacial score (nSPS) is 24.1. The molecule has 2 heterocycles. The molecule has 1 aromatic rings. The highest BCUT2D eigenvalue weighted by Gasteiger charge is 2.29. The maximum Gasteiger partial charge on any atom is 0.0629 e. The number of aliphatic hydroxyl groups excluding tert-OH is 1. The summed E-state index contributed by atoms with van der Waals surface area (Å²) in [6, 6.07) is 4.53. The highest BCUT2D eigenvalue weighted by atomic mass is 16.3. The van der Waals surface area contributed by atoms with Gasteiger partial charge in [0.1, 0.15) is 0 Å². The molecule has 0 saturated carbocycles. The molecular weight excluding hydrogens is 226 g/mol. The Kier molecular flexibility index (Phi) is 4.69. The molecule has 0 bridgehead atoms. The molecule has 2 atom stereocenters. The molecule has 1 N–H and O–H groups in total. The zero-order valence-corrected chi connectivity index (χ0v) is 11.3. The van der Waals surface area contributed by atoms with Crippen molar-refractivity contribution in [1.29, 1.82) is 0 Å². The molecule has 0 aliphatic carbocycles. The number of rotatable bonds is 4. The highest BCUT2D eigenvalue weighted by molar-refractivity contribution is 5.14. The van der Waals surface area contributed by atoms with E-state index in [-0.39, 0.29) is 12.6 Å². The minimum atomic E-state index is 0.0766. The third-order valence-corrected chi connectivity index (χ3v) is 3.85. The smallest absolute Gasteiger partial charge is 0.0629 e. The van der Waals surface area contributed by atoms with Crippen molar-refractivity contribution in [2.45, 2.75) is 25.9 Å². The molecule has 18 heavy (non-hydrogen) atoms. The first-order valence-corrected chi connectivity index (χ1v) is 6.75. The molecular formula is C14H23N3O. The summed E-state index contributed by atoms with van der Waals surface area (Å²) in [6.07, 6.45) is 3.64. The van der Waals surface area contributed by atoms with Crippen molar-refractivity contribution in [3.63, 3.8) is 0 Å². The van der Waals surface area contributed by atoms with Gasteiger partial charge in [-0.15, -0.1) is 0 Å². The van der Waals surface area contributed by atoms with Crippen molar-refractivity contribution < 1.29 is 5.11 Å². The predicted octanol–water partition coefficient (Wildman–Crippen LogP) is 1.14. The number of hydrogen-bond donors (Lipinski definition) is 1. The van der Waals surface area contributed by atoms with Crippen molar-refractivity contribution in [3.8, 4) is 0 Å². The minimum Gasteiger partial charge on any atom is -0.394 e.